The zero-order valence-corrected chi connectivity index (χ0v) is 14.2. The molecule has 0 bridgehead atoms. The van der Waals surface area contributed by atoms with Gasteiger partial charge in [0.2, 0.25) is 5.91 Å². The lowest BCUT2D eigenvalue weighted by molar-refractivity contribution is -0.127. The number of benzene rings is 2. The zero-order chi connectivity index (χ0) is 16.9. The first-order valence-corrected chi connectivity index (χ1v) is 8.34. The third-order valence-corrected chi connectivity index (χ3v) is 4.32. The summed E-state index contributed by atoms with van der Waals surface area (Å²) >= 11 is 0. The molecule has 4 heteroatoms. The smallest absolute Gasteiger partial charge is 0.227 e. The molecule has 0 aliphatic carbocycles. The van der Waals surface area contributed by atoms with Crippen molar-refractivity contribution in [1.82, 2.24) is 10.2 Å². The molecule has 1 aliphatic heterocycles. The van der Waals surface area contributed by atoms with E-state index < -0.39 is 0 Å². The first kappa shape index (κ1) is 16.5. The summed E-state index contributed by atoms with van der Waals surface area (Å²) in [7, 11) is 4.03. The predicted molar refractivity (Wildman–Crippen MR) is 95.0 cm³/mol. The number of ether oxygens (including phenoxy) is 1. The van der Waals surface area contributed by atoms with Crippen LogP contribution in [0.2, 0.25) is 0 Å². The Labute approximate surface area is 143 Å². The van der Waals surface area contributed by atoms with Gasteiger partial charge >= 0.3 is 0 Å². The summed E-state index contributed by atoms with van der Waals surface area (Å²) in [5.41, 5.74) is 2.23. The maximum Gasteiger partial charge on any atom is 0.227 e. The molecule has 0 fully saturated rings. The molecule has 0 radical (unpaired) electrons. The van der Waals surface area contributed by atoms with Crippen LogP contribution < -0.4 is 10.1 Å². The molecule has 4 nitrogen and oxygen atoms in total. The number of nitrogens with zero attached hydrogens (tertiary/aromatic N) is 1. The summed E-state index contributed by atoms with van der Waals surface area (Å²) in [5.74, 6) is 0.808. The quantitative estimate of drug-likeness (QED) is 0.919. The van der Waals surface area contributed by atoms with Crippen molar-refractivity contribution in [2.24, 2.45) is 5.92 Å². The molecule has 0 saturated carbocycles. The van der Waals surface area contributed by atoms with E-state index in [9.17, 15) is 4.79 Å². The molecular weight excluding hydrogens is 300 g/mol. The van der Waals surface area contributed by atoms with E-state index in [-0.39, 0.29) is 17.9 Å². The van der Waals surface area contributed by atoms with Gasteiger partial charge in [0.15, 0.2) is 0 Å². The zero-order valence-electron chi connectivity index (χ0n) is 14.2. The molecular formula is C20H24N2O2. The topological polar surface area (TPSA) is 41.6 Å². The highest BCUT2D eigenvalue weighted by molar-refractivity contribution is 5.80. The molecule has 24 heavy (non-hydrogen) atoms. The SMILES string of the molecule is CN(C)CC(NC(=O)C1COc2ccccc2C1)c1ccccc1. The van der Waals surface area contributed by atoms with Gasteiger partial charge in [0.1, 0.15) is 12.4 Å². The Balaban J connectivity index is 1.70. The molecule has 2 atom stereocenters. The Morgan fingerprint density at radius 3 is 2.62 bits per heavy atom. The van der Waals surface area contributed by atoms with Crippen molar-refractivity contribution in [2.45, 2.75) is 12.5 Å². The first-order chi connectivity index (χ1) is 11.6. The lowest BCUT2D eigenvalue weighted by Gasteiger charge is -2.28. The maximum atomic E-state index is 12.8. The van der Waals surface area contributed by atoms with E-state index in [2.05, 4.69) is 22.3 Å². The van der Waals surface area contributed by atoms with Crippen molar-refractivity contribution in [3.63, 3.8) is 0 Å². The van der Waals surface area contributed by atoms with Crippen LogP contribution in [-0.4, -0.2) is 38.1 Å². The number of amides is 1. The van der Waals surface area contributed by atoms with Gasteiger partial charge in [0.25, 0.3) is 0 Å². The van der Waals surface area contributed by atoms with Crippen LogP contribution in [0.15, 0.2) is 54.6 Å². The molecule has 1 N–H and O–H groups in total. The lowest BCUT2D eigenvalue weighted by Crippen LogP contribution is -2.42. The van der Waals surface area contributed by atoms with E-state index in [0.717, 1.165) is 29.8 Å². The van der Waals surface area contributed by atoms with Gasteiger partial charge in [-0.2, -0.15) is 0 Å². The van der Waals surface area contributed by atoms with Crippen molar-refractivity contribution in [2.75, 3.05) is 27.2 Å². The Kier molecular flexibility index (Phi) is 5.16. The average molecular weight is 324 g/mol. The Morgan fingerprint density at radius 1 is 1.17 bits per heavy atom. The minimum atomic E-state index is -0.145. The van der Waals surface area contributed by atoms with Crippen LogP contribution in [0.5, 0.6) is 5.75 Å². The van der Waals surface area contributed by atoms with E-state index in [1.54, 1.807) is 0 Å². The van der Waals surface area contributed by atoms with Gasteiger partial charge in [0, 0.05) is 6.54 Å². The van der Waals surface area contributed by atoms with Gasteiger partial charge < -0.3 is 15.0 Å². The van der Waals surface area contributed by atoms with Crippen molar-refractivity contribution in [1.29, 1.82) is 0 Å². The minimum absolute atomic E-state index is 0.0223. The number of carbonyl (C=O) groups is 1. The van der Waals surface area contributed by atoms with Gasteiger partial charge in [-0.3, -0.25) is 4.79 Å². The van der Waals surface area contributed by atoms with Crippen LogP contribution in [0.1, 0.15) is 17.2 Å². The van der Waals surface area contributed by atoms with Crippen LogP contribution in [0.3, 0.4) is 0 Å². The van der Waals surface area contributed by atoms with Gasteiger partial charge in [-0.25, -0.2) is 0 Å². The first-order valence-electron chi connectivity index (χ1n) is 8.34. The van der Waals surface area contributed by atoms with E-state index >= 15 is 0 Å². The average Bonchev–Trinajstić information content (AvgIpc) is 2.61. The number of nitrogens with one attached hydrogen (secondary N) is 1. The van der Waals surface area contributed by atoms with E-state index in [0.29, 0.717) is 6.61 Å². The minimum Gasteiger partial charge on any atom is -0.492 e. The molecule has 126 valence electrons. The third-order valence-electron chi connectivity index (χ3n) is 4.32. The molecule has 3 rings (SSSR count). The molecule has 1 aliphatic rings. The number of fused-ring (bicyclic) bond motifs is 1. The highest BCUT2D eigenvalue weighted by Crippen LogP contribution is 2.27. The fraction of sp³-hybridized carbons (Fsp3) is 0.350. The Hall–Kier alpha value is -2.33. The van der Waals surface area contributed by atoms with Crippen LogP contribution in [-0.2, 0) is 11.2 Å². The van der Waals surface area contributed by atoms with E-state index in [1.807, 2.05) is 56.6 Å². The monoisotopic (exact) mass is 324 g/mol. The fourth-order valence-corrected chi connectivity index (χ4v) is 3.07. The third kappa shape index (κ3) is 3.95. The summed E-state index contributed by atoms with van der Waals surface area (Å²) in [6, 6.07) is 18.0. The summed E-state index contributed by atoms with van der Waals surface area (Å²) in [6.07, 6.45) is 0.728. The normalized spacial score (nSPS) is 17.7. The fourth-order valence-electron chi connectivity index (χ4n) is 3.07. The van der Waals surface area contributed by atoms with Crippen molar-refractivity contribution < 1.29 is 9.53 Å². The lowest BCUT2D eigenvalue weighted by atomic mass is 9.95. The number of hydrogen-bond acceptors (Lipinski definition) is 3. The van der Waals surface area contributed by atoms with Crippen LogP contribution in [0, 0.1) is 5.92 Å². The summed E-state index contributed by atoms with van der Waals surface area (Å²) in [5, 5.41) is 3.20. The highest BCUT2D eigenvalue weighted by Gasteiger charge is 2.27. The Bertz CT molecular complexity index is 685. The number of carbonyl (C=O) groups excluding carboxylic acids is 1. The second-order valence-electron chi connectivity index (χ2n) is 6.55. The van der Waals surface area contributed by atoms with Gasteiger partial charge in [-0.15, -0.1) is 0 Å². The number of rotatable bonds is 5. The van der Waals surface area contributed by atoms with Crippen LogP contribution >= 0.6 is 0 Å². The number of hydrogen-bond donors (Lipinski definition) is 1. The largest absolute Gasteiger partial charge is 0.492 e. The van der Waals surface area contributed by atoms with Crippen molar-refractivity contribution >= 4 is 5.91 Å². The van der Waals surface area contributed by atoms with Crippen molar-refractivity contribution in [3.8, 4) is 5.75 Å². The molecule has 0 spiro atoms. The van der Waals surface area contributed by atoms with E-state index in [4.69, 9.17) is 4.74 Å². The summed E-state index contributed by atoms with van der Waals surface area (Å²) < 4.78 is 5.75. The molecule has 2 unspecified atom stereocenters. The van der Waals surface area contributed by atoms with Crippen LogP contribution in [0.25, 0.3) is 0 Å². The molecule has 2 aromatic carbocycles. The number of para-hydroxylation sites is 1. The molecule has 1 amide bonds. The van der Waals surface area contributed by atoms with Gasteiger partial charge in [-0.05, 0) is 37.7 Å². The maximum absolute atomic E-state index is 12.8. The highest BCUT2D eigenvalue weighted by atomic mass is 16.5. The Morgan fingerprint density at radius 2 is 1.88 bits per heavy atom. The summed E-state index contributed by atoms with van der Waals surface area (Å²) in [6.45, 7) is 1.20. The predicted octanol–water partition coefficient (Wildman–Crippen LogP) is 2.66. The number of likely N-dealkylation sites (N-methyl/N-ethyl adjacent to an activating group) is 1. The van der Waals surface area contributed by atoms with Crippen LogP contribution in [0.4, 0.5) is 0 Å². The second-order valence-corrected chi connectivity index (χ2v) is 6.55. The molecule has 0 aromatic heterocycles. The van der Waals surface area contributed by atoms with Crippen molar-refractivity contribution in [3.05, 3.63) is 65.7 Å². The molecule has 2 aromatic rings. The second kappa shape index (κ2) is 7.49. The van der Waals surface area contributed by atoms with E-state index in [1.165, 1.54) is 0 Å². The molecule has 1 heterocycles. The standard InChI is InChI=1S/C20H24N2O2/c1-22(2)13-18(15-8-4-3-5-9-15)21-20(23)17-12-16-10-6-7-11-19(16)24-14-17/h3-11,17-18H,12-14H2,1-2H3,(H,21,23). The van der Waals surface area contributed by atoms with Gasteiger partial charge in [0.05, 0.1) is 12.0 Å². The van der Waals surface area contributed by atoms with Gasteiger partial charge in [-0.1, -0.05) is 48.5 Å². The summed E-state index contributed by atoms with van der Waals surface area (Å²) in [4.78, 5) is 14.9. The molecule has 0 saturated heterocycles.